The fraction of sp³-hybridized carbons (Fsp3) is 0.435. The lowest BCUT2D eigenvalue weighted by atomic mass is 9.90. The smallest absolute Gasteiger partial charge is 0.256 e. The van der Waals surface area contributed by atoms with E-state index in [2.05, 4.69) is 4.98 Å². The molecule has 3 rings (SSSR count). The minimum atomic E-state index is -1.05. The summed E-state index contributed by atoms with van der Waals surface area (Å²) in [7, 11) is 3.46. The molecule has 154 valence electrons. The summed E-state index contributed by atoms with van der Waals surface area (Å²) in [5, 5.41) is 0. The van der Waals surface area contributed by atoms with Crippen LogP contribution in [0.3, 0.4) is 0 Å². The number of hydrogen-bond donors (Lipinski definition) is 0. The highest BCUT2D eigenvalue weighted by atomic mass is 16.5. The van der Waals surface area contributed by atoms with Crippen molar-refractivity contribution in [1.29, 1.82) is 0 Å². The van der Waals surface area contributed by atoms with Crippen molar-refractivity contribution in [2.24, 2.45) is 0 Å². The molecule has 1 saturated heterocycles. The number of carbonyl (C=O) groups is 2. The van der Waals surface area contributed by atoms with Crippen LogP contribution in [0.25, 0.3) is 11.1 Å². The van der Waals surface area contributed by atoms with Crippen LogP contribution in [0.2, 0.25) is 0 Å². The summed E-state index contributed by atoms with van der Waals surface area (Å²) in [5.74, 6) is -0.0264. The van der Waals surface area contributed by atoms with Crippen molar-refractivity contribution in [3.05, 3.63) is 54.4 Å². The van der Waals surface area contributed by atoms with Gasteiger partial charge < -0.3 is 14.5 Å². The summed E-state index contributed by atoms with van der Waals surface area (Å²) in [6.45, 7) is 3.16. The standard InChI is InChI=1S/C23H29N3O3/c1-4-6-21(27)26-13-14-29-23(17-26,22(28)25(2)3)15-18-8-10-19(11-9-18)20-7-5-12-24-16-20/h5,7-12,16H,4,6,13-15,17H2,1-3H3/t23-/m1/s1. The summed E-state index contributed by atoms with van der Waals surface area (Å²) in [6, 6.07) is 12.0. The molecule has 1 aromatic carbocycles. The monoisotopic (exact) mass is 395 g/mol. The number of pyridine rings is 1. The van der Waals surface area contributed by atoms with Gasteiger partial charge in [0.1, 0.15) is 0 Å². The molecule has 0 radical (unpaired) electrons. The van der Waals surface area contributed by atoms with E-state index < -0.39 is 5.60 Å². The SMILES string of the molecule is CCCC(=O)N1CCO[C@@](Cc2ccc(-c3cccnc3)cc2)(C(=O)N(C)C)C1. The number of carbonyl (C=O) groups excluding carboxylic acids is 2. The number of ether oxygens (including phenoxy) is 1. The van der Waals surface area contributed by atoms with Crippen molar-refractivity contribution in [3.63, 3.8) is 0 Å². The van der Waals surface area contributed by atoms with Crippen LogP contribution in [0.4, 0.5) is 0 Å². The Morgan fingerprint density at radius 2 is 1.93 bits per heavy atom. The van der Waals surface area contributed by atoms with E-state index in [1.165, 1.54) is 0 Å². The van der Waals surface area contributed by atoms with Gasteiger partial charge in [-0.05, 0) is 29.2 Å². The predicted molar refractivity (Wildman–Crippen MR) is 112 cm³/mol. The van der Waals surface area contributed by atoms with Gasteiger partial charge >= 0.3 is 0 Å². The summed E-state index contributed by atoms with van der Waals surface area (Å²) in [6.07, 6.45) is 5.29. The van der Waals surface area contributed by atoms with Gasteiger partial charge in [0.25, 0.3) is 5.91 Å². The lowest BCUT2D eigenvalue weighted by molar-refractivity contribution is -0.172. The second-order valence-corrected chi connectivity index (χ2v) is 7.72. The first-order valence-corrected chi connectivity index (χ1v) is 10.1. The Balaban J connectivity index is 1.84. The quantitative estimate of drug-likeness (QED) is 0.755. The second kappa shape index (κ2) is 9.18. The average Bonchev–Trinajstić information content (AvgIpc) is 2.74. The molecule has 0 aliphatic carbocycles. The zero-order valence-electron chi connectivity index (χ0n) is 17.4. The van der Waals surface area contributed by atoms with Gasteiger partial charge in [0.2, 0.25) is 5.91 Å². The number of nitrogens with zero attached hydrogens (tertiary/aromatic N) is 3. The van der Waals surface area contributed by atoms with E-state index in [1.807, 2.05) is 49.5 Å². The number of rotatable bonds is 6. The summed E-state index contributed by atoms with van der Waals surface area (Å²) >= 11 is 0. The third-order valence-corrected chi connectivity index (χ3v) is 5.24. The molecule has 0 saturated carbocycles. The van der Waals surface area contributed by atoms with Gasteiger partial charge in [-0.1, -0.05) is 37.3 Å². The van der Waals surface area contributed by atoms with Crippen LogP contribution in [0, 0.1) is 0 Å². The van der Waals surface area contributed by atoms with Crippen LogP contribution >= 0.6 is 0 Å². The Labute approximate surface area is 172 Å². The maximum absolute atomic E-state index is 13.1. The fourth-order valence-corrected chi connectivity index (χ4v) is 3.77. The van der Waals surface area contributed by atoms with Gasteiger partial charge in [0.15, 0.2) is 5.60 Å². The molecule has 2 aromatic rings. The number of benzene rings is 1. The summed E-state index contributed by atoms with van der Waals surface area (Å²) in [5.41, 5.74) is 2.06. The van der Waals surface area contributed by atoms with Crippen LogP contribution in [-0.2, 0) is 20.7 Å². The Hall–Kier alpha value is -2.73. The first kappa shape index (κ1) is 21.0. The highest BCUT2D eigenvalue weighted by Crippen LogP contribution is 2.27. The summed E-state index contributed by atoms with van der Waals surface area (Å²) in [4.78, 5) is 33.1. The molecule has 29 heavy (non-hydrogen) atoms. The predicted octanol–water partition coefficient (Wildman–Crippen LogP) is 2.78. The topological polar surface area (TPSA) is 62.7 Å². The van der Waals surface area contributed by atoms with E-state index in [1.54, 1.807) is 30.1 Å². The molecule has 0 spiro atoms. The van der Waals surface area contributed by atoms with Crippen molar-refractivity contribution in [3.8, 4) is 11.1 Å². The van der Waals surface area contributed by atoms with E-state index in [4.69, 9.17) is 4.74 Å². The second-order valence-electron chi connectivity index (χ2n) is 7.72. The van der Waals surface area contributed by atoms with Crippen molar-refractivity contribution in [1.82, 2.24) is 14.8 Å². The third-order valence-electron chi connectivity index (χ3n) is 5.24. The maximum Gasteiger partial charge on any atom is 0.256 e. The van der Waals surface area contributed by atoms with E-state index >= 15 is 0 Å². The molecule has 2 heterocycles. The van der Waals surface area contributed by atoms with E-state index in [0.29, 0.717) is 26.0 Å². The van der Waals surface area contributed by atoms with Crippen LogP contribution in [0.1, 0.15) is 25.3 Å². The molecule has 1 aliphatic heterocycles. The van der Waals surface area contributed by atoms with Crippen molar-refractivity contribution < 1.29 is 14.3 Å². The van der Waals surface area contributed by atoms with Gasteiger partial charge in [-0.25, -0.2) is 0 Å². The number of morpholine rings is 1. The molecule has 6 heteroatoms. The molecule has 6 nitrogen and oxygen atoms in total. The lowest BCUT2D eigenvalue weighted by Crippen LogP contribution is -2.61. The minimum absolute atomic E-state index is 0.0821. The Bertz CT molecular complexity index is 836. The first-order chi connectivity index (χ1) is 13.9. The molecule has 1 aromatic heterocycles. The molecular weight excluding hydrogens is 366 g/mol. The normalized spacial score (nSPS) is 19.1. The molecule has 0 bridgehead atoms. The van der Waals surface area contributed by atoms with Crippen LogP contribution < -0.4 is 0 Å². The minimum Gasteiger partial charge on any atom is -0.361 e. The maximum atomic E-state index is 13.1. The zero-order chi connectivity index (χ0) is 20.9. The number of amides is 2. The third kappa shape index (κ3) is 4.82. The number of aromatic nitrogens is 1. The fourth-order valence-electron chi connectivity index (χ4n) is 3.77. The number of hydrogen-bond acceptors (Lipinski definition) is 4. The van der Waals surface area contributed by atoms with Gasteiger partial charge in [-0.3, -0.25) is 14.6 Å². The van der Waals surface area contributed by atoms with Crippen molar-refractivity contribution >= 4 is 11.8 Å². The van der Waals surface area contributed by atoms with Gasteiger partial charge in [0.05, 0.1) is 13.2 Å². The molecule has 1 fully saturated rings. The zero-order valence-corrected chi connectivity index (χ0v) is 17.4. The highest BCUT2D eigenvalue weighted by Gasteiger charge is 2.45. The molecule has 2 amide bonds. The van der Waals surface area contributed by atoms with Gasteiger partial charge in [0, 0.05) is 45.9 Å². The van der Waals surface area contributed by atoms with E-state index in [0.717, 1.165) is 23.1 Å². The molecule has 1 aliphatic rings. The molecular formula is C23H29N3O3. The van der Waals surface area contributed by atoms with Crippen LogP contribution in [0.5, 0.6) is 0 Å². The Kier molecular flexibility index (Phi) is 6.64. The van der Waals surface area contributed by atoms with Gasteiger partial charge in [-0.15, -0.1) is 0 Å². The van der Waals surface area contributed by atoms with Crippen LogP contribution in [-0.4, -0.2) is 66.0 Å². The lowest BCUT2D eigenvalue weighted by Gasteiger charge is -2.43. The van der Waals surface area contributed by atoms with Crippen LogP contribution in [0.15, 0.2) is 48.8 Å². The largest absolute Gasteiger partial charge is 0.361 e. The Morgan fingerprint density at radius 3 is 2.55 bits per heavy atom. The summed E-state index contributed by atoms with van der Waals surface area (Å²) < 4.78 is 6.07. The molecule has 0 N–H and O–H groups in total. The van der Waals surface area contributed by atoms with Crippen molar-refractivity contribution in [2.45, 2.75) is 31.8 Å². The molecule has 0 unspecified atom stereocenters. The van der Waals surface area contributed by atoms with E-state index in [9.17, 15) is 9.59 Å². The first-order valence-electron chi connectivity index (χ1n) is 10.1. The molecule has 1 atom stereocenters. The number of likely N-dealkylation sites (N-methyl/N-ethyl adjacent to an activating group) is 1. The Morgan fingerprint density at radius 1 is 1.17 bits per heavy atom. The van der Waals surface area contributed by atoms with Crippen molar-refractivity contribution in [2.75, 3.05) is 33.8 Å². The van der Waals surface area contributed by atoms with E-state index in [-0.39, 0.29) is 18.4 Å². The average molecular weight is 396 g/mol. The highest BCUT2D eigenvalue weighted by molar-refractivity contribution is 5.87. The van der Waals surface area contributed by atoms with Gasteiger partial charge in [-0.2, -0.15) is 0 Å².